The summed E-state index contributed by atoms with van der Waals surface area (Å²) >= 11 is 0. The van der Waals surface area contributed by atoms with Crippen molar-refractivity contribution in [3.63, 3.8) is 0 Å². The highest BCUT2D eigenvalue weighted by Crippen LogP contribution is 2.16. The standard InChI is InChI=1S/C14H21N3O3/c1-2-10(3-4-13(18)19)5-7-16-11-6-8-17-12(9-11)14(15)20/h6,8-10H,2-5,7H2,1H3,(H2,15,20)(H,16,17)(H,18,19). The summed E-state index contributed by atoms with van der Waals surface area (Å²) in [6, 6.07) is 3.38. The summed E-state index contributed by atoms with van der Waals surface area (Å²) in [5.41, 5.74) is 6.19. The second-order valence-corrected chi connectivity index (χ2v) is 4.72. The Hall–Kier alpha value is -2.11. The average Bonchev–Trinajstić information content (AvgIpc) is 2.42. The molecule has 1 heterocycles. The van der Waals surface area contributed by atoms with Crippen LogP contribution in [0.3, 0.4) is 0 Å². The maximum Gasteiger partial charge on any atom is 0.303 e. The summed E-state index contributed by atoms with van der Waals surface area (Å²) in [6.45, 7) is 2.78. The molecule has 0 aliphatic rings. The minimum atomic E-state index is -0.753. The summed E-state index contributed by atoms with van der Waals surface area (Å²) < 4.78 is 0. The summed E-state index contributed by atoms with van der Waals surface area (Å²) in [4.78, 5) is 25.4. The molecule has 1 aromatic heterocycles. The lowest BCUT2D eigenvalue weighted by molar-refractivity contribution is -0.137. The quantitative estimate of drug-likeness (QED) is 0.640. The van der Waals surface area contributed by atoms with Crippen molar-refractivity contribution in [2.75, 3.05) is 11.9 Å². The molecule has 0 saturated carbocycles. The van der Waals surface area contributed by atoms with Gasteiger partial charge in [0.1, 0.15) is 5.69 Å². The number of hydrogen-bond acceptors (Lipinski definition) is 4. The van der Waals surface area contributed by atoms with E-state index in [4.69, 9.17) is 10.8 Å². The second-order valence-electron chi connectivity index (χ2n) is 4.72. The first-order valence-electron chi connectivity index (χ1n) is 6.74. The second kappa shape index (κ2) is 8.14. The Kier molecular flexibility index (Phi) is 6.49. The molecule has 0 aromatic carbocycles. The number of pyridine rings is 1. The van der Waals surface area contributed by atoms with Crippen molar-refractivity contribution >= 4 is 17.6 Å². The van der Waals surface area contributed by atoms with Gasteiger partial charge in [-0.1, -0.05) is 13.3 Å². The molecule has 110 valence electrons. The van der Waals surface area contributed by atoms with Crippen LogP contribution in [0, 0.1) is 5.92 Å². The lowest BCUT2D eigenvalue weighted by Crippen LogP contribution is -2.14. The molecule has 1 aromatic rings. The molecular weight excluding hydrogens is 258 g/mol. The highest BCUT2D eigenvalue weighted by Gasteiger charge is 2.09. The number of anilines is 1. The van der Waals surface area contributed by atoms with Crippen molar-refractivity contribution in [1.82, 2.24) is 4.98 Å². The summed E-state index contributed by atoms with van der Waals surface area (Å²) in [5, 5.41) is 11.9. The van der Waals surface area contributed by atoms with Gasteiger partial charge in [0.2, 0.25) is 0 Å². The maximum absolute atomic E-state index is 11.0. The molecular formula is C14H21N3O3. The van der Waals surface area contributed by atoms with E-state index >= 15 is 0 Å². The molecule has 0 aliphatic carbocycles. The minimum absolute atomic E-state index is 0.208. The third kappa shape index (κ3) is 5.69. The van der Waals surface area contributed by atoms with Crippen LogP contribution < -0.4 is 11.1 Å². The SMILES string of the molecule is CCC(CCNc1ccnc(C(N)=O)c1)CCC(=O)O. The van der Waals surface area contributed by atoms with Crippen LogP contribution in [0.1, 0.15) is 43.1 Å². The van der Waals surface area contributed by atoms with Crippen LogP contribution in [-0.4, -0.2) is 28.5 Å². The Bertz CT molecular complexity index is 463. The van der Waals surface area contributed by atoms with E-state index in [1.807, 2.05) is 0 Å². The fourth-order valence-electron chi connectivity index (χ4n) is 1.98. The zero-order chi connectivity index (χ0) is 15.0. The number of carboxylic acid groups (broad SMARTS) is 1. The smallest absolute Gasteiger partial charge is 0.303 e. The van der Waals surface area contributed by atoms with E-state index in [1.165, 1.54) is 6.20 Å². The molecule has 0 radical (unpaired) electrons. The van der Waals surface area contributed by atoms with Gasteiger partial charge in [-0.25, -0.2) is 0 Å². The van der Waals surface area contributed by atoms with Crippen molar-refractivity contribution in [1.29, 1.82) is 0 Å². The Morgan fingerprint density at radius 1 is 1.45 bits per heavy atom. The number of primary amides is 1. The lowest BCUT2D eigenvalue weighted by Gasteiger charge is -2.14. The number of nitrogens with two attached hydrogens (primary N) is 1. The fourth-order valence-corrected chi connectivity index (χ4v) is 1.98. The van der Waals surface area contributed by atoms with Gasteiger partial charge in [-0.15, -0.1) is 0 Å². The zero-order valence-electron chi connectivity index (χ0n) is 11.6. The van der Waals surface area contributed by atoms with Crippen LogP contribution in [0.4, 0.5) is 5.69 Å². The van der Waals surface area contributed by atoms with Gasteiger partial charge in [0.05, 0.1) is 0 Å². The Morgan fingerprint density at radius 2 is 2.20 bits per heavy atom. The van der Waals surface area contributed by atoms with Crippen molar-refractivity contribution in [3.8, 4) is 0 Å². The number of aliphatic carboxylic acids is 1. The van der Waals surface area contributed by atoms with E-state index in [0.717, 1.165) is 25.1 Å². The van der Waals surface area contributed by atoms with Gasteiger partial charge < -0.3 is 16.2 Å². The molecule has 20 heavy (non-hydrogen) atoms. The Balaban J connectivity index is 2.40. The number of carboxylic acids is 1. The molecule has 4 N–H and O–H groups in total. The van der Waals surface area contributed by atoms with Gasteiger partial charge in [-0.05, 0) is 30.9 Å². The van der Waals surface area contributed by atoms with E-state index in [2.05, 4.69) is 17.2 Å². The number of nitrogens with one attached hydrogen (secondary N) is 1. The Labute approximate surface area is 118 Å². The van der Waals surface area contributed by atoms with Crippen LogP contribution in [0.15, 0.2) is 18.3 Å². The summed E-state index contributed by atoms with van der Waals surface area (Å²) in [5.74, 6) is -0.922. The molecule has 0 bridgehead atoms. The zero-order valence-corrected chi connectivity index (χ0v) is 11.6. The molecule has 0 aliphatic heterocycles. The summed E-state index contributed by atoms with van der Waals surface area (Å²) in [7, 11) is 0. The predicted octanol–water partition coefficient (Wildman–Crippen LogP) is 1.87. The topological polar surface area (TPSA) is 105 Å². The van der Waals surface area contributed by atoms with E-state index < -0.39 is 11.9 Å². The third-order valence-corrected chi connectivity index (χ3v) is 3.24. The monoisotopic (exact) mass is 279 g/mol. The minimum Gasteiger partial charge on any atom is -0.481 e. The van der Waals surface area contributed by atoms with E-state index in [1.54, 1.807) is 12.1 Å². The maximum atomic E-state index is 11.0. The molecule has 6 nitrogen and oxygen atoms in total. The molecule has 0 saturated heterocycles. The van der Waals surface area contributed by atoms with Crippen molar-refractivity contribution in [2.45, 2.75) is 32.6 Å². The largest absolute Gasteiger partial charge is 0.481 e. The fraction of sp³-hybridized carbons (Fsp3) is 0.500. The van der Waals surface area contributed by atoms with Gasteiger partial charge in [0, 0.05) is 24.8 Å². The molecule has 6 heteroatoms. The van der Waals surface area contributed by atoms with Crippen LogP contribution in [-0.2, 0) is 4.79 Å². The Morgan fingerprint density at radius 3 is 2.80 bits per heavy atom. The highest BCUT2D eigenvalue weighted by molar-refractivity contribution is 5.91. The van der Waals surface area contributed by atoms with Gasteiger partial charge in [0.25, 0.3) is 5.91 Å². The molecule has 1 atom stereocenters. The van der Waals surface area contributed by atoms with E-state index in [-0.39, 0.29) is 12.1 Å². The molecule has 0 fully saturated rings. The van der Waals surface area contributed by atoms with Gasteiger partial charge >= 0.3 is 5.97 Å². The molecule has 1 unspecified atom stereocenters. The normalized spacial score (nSPS) is 11.8. The third-order valence-electron chi connectivity index (χ3n) is 3.24. The highest BCUT2D eigenvalue weighted by atomic mass is 16.4. The molecule has 1 rings (SSSR count). The van der Waals surface area contributed by atoms with E-state index in [0.29, 0.717) is 12.3 Å². The predicted molar refractivity (Wildman–Crippen MR) is 76.5 cm³/mol. The average molecular weight is 279 g/mol. The number of carbonyl (C=O) groups is 2. The first kappa shape index (κ1) is 15.9. The summed E-state index contributed by atoms with van der Waals surface area (Å²) in [6.07, 6.45) is 4.27. The van der Waals surface area contributed by atoms with Crippen LogP contribution in [0.2, 0.25) is 0 Å². The molecule has 1 amide bonds. The van der Waals surface area contributed by atoms with Crippen LogP contribution >= 0.6 is 0 Å². The number of rotatable bonds is 9. The number of carbonyl (C=O) groups excluding carboxylic acids is 1. The first-order valence-corrected chi connectivity index (χ1v) is 6.74. The van der Waals surface area contributed by atoms with Crippen molar-refractivity contribution in [2.24, 2.45) is 11.7 Å². The number of hydrogen-bond donors (Lipinski definition) is 3. The number of amides is 1. The molecule has 0 spiro atoms. The number of nitrogens with zero attached hydrogens (tertiary/aromatic N) is 1. The van der Waals surface area contributed by atoms with Gasteiger partial charge in [0.15, 0.2) is 0 Å². The number of aromatic nitrogens is 1. The lowest BCUT2D eigenvalue weighted by atomic mass is 9.96. The van der Waals surface area contributed by atoms with E-state index in [9.17, 15) is 9.59 Å². The first-order chi connectivity index (χ1) is 9.52. The van der Waals surface area contributed by atoms with Crippen molar-refractivity contribution in [3.05, 3.63) is 24.0 Å². The van der Waals surface area contributed by atoms with Crippen molar-refractivity contribution < 1.29 is 14.7 Å². The van der Waals surface area contributed by atoms with Gasteiger partial charge in [-0.2, -0.15) is 0 Å². The van der Waals surface area contributed by atoms with Crippen LogP contribution in [0.5, 0.6) is 0 Å². The van der Waals surface area contributed by atoms with Crippen LogP contribution in [0.25, 0.3) is 0 Å². The van der Waals surface area contributed by atoms with Gasteiger partial charge in [-0.3, -0.25) is 14.6 Å².